The van der Waals surface area contributed by atoms with Crippen molar-refractivity contribution >= 4 is 6.29 Å². The summed E-state index contributed by atoms with van der Waals surface area (Å²) < 4.78 is 0. The molecule has 0 fully saturated rings. The molecule has 0 saturated carbocycles. The van der Waals surface area contributed by atoms with Crippen LogP contribution in [0.5, 0.6) is 0 Å². The van der Waals surface area contributed by atoms with Crippen molar-refractivity contribution in [2.24, 2.45) is 16.7 Å². The lowest BCUT2D eigenvalue weighted by Crippen LogP contribution is -2.33. The van der Waals surface area contributed by atoms with Gasteiger partial charge in [0.25, 0.3) is 0 Å². The molecule has 0 N–H and O–H groups in total. The number of rotatable bonds is 2. The second-order valence-corrected chi connectivity index (χ2v) is 5.45. The van der Waals surface area contributed by atoms with E-state index < -0.39 is 0 Å². The van der Waals surface area contributed by atoms with Crippen molar-refractivity contribution in [3.63, 3.8) is 0 Å². The summed E-state index contributed by atoms with van der Waals surface area (Å²) in [5, 5.41) is 0. The Morgan fingerprint density at radius 1 is 1.27 bits per heavy atom. The van der Waals surface area contributed by atoms with E-state index in [-0.39, 0.29) is 10.8 Å². The van der Waals surface area contributed by atoms with Crippen LogP contribution < -0.4 is 0 Å². The first-order valence-electron chi connectivity index (χ1n) is 5.39. The van der Waals surface area contributed by atoms with Gasteiger partial charge in [0, 0.05) is 5.41 Å². The zero-order valence-electron chi connectivity index (χ0n) is 10.0. The molecule has 0 aromatic carbocycles. The molecule has 0 spiro atoms. The third-order valence-corrected chi connectivity index (χ3v) is 3.01. The fourth-order valence-electron chi connectivity index (χ4n) is 2.38. The summed E-state index contributed by atoms with van der Waals surface area (Å²) in [5.41, 5.74) is 0.150. The van der Waals surface area contributed by atoms with Gasteiger partial charge >= 0.3 is 0 Å². The molecular weight excluding hydrogens is 184 g/mol. The van der Waals surface area contributed by atoms with Crippen molar-refractivity contribution in [1.29, 1.82) is 0 Å². The molecule has 1 heteroatoms. The standard InChI is InChI=1S/C14H20O/c1-13(2,3)12-8-5-6-9-14(12,4)10-7-11-15/h5-12H,1-4H3/b10-7+. The van der Waals surface area contributed by atoms with Gasteiger partial charge in [0.05, 0.1) is 0 Å². The molecule has 2 unspecified atom stereocenters. The number of aldehydes is 1. The van der Waals surface area contributed by atoms with Crippen LogP contribution in [0.4, 0.5) is 0 Å². The fourth-order valence-corrected chi connectivity index (χ4v) is 2.38. The number of carbonyl (C=O) groups is 1. The Morgan fingerprint density at radius 3 is 2.47 bits per heavy atom. The SMILES string of the molecule is CC(C)(C)C1C=CC=CC1(C)/C=C/C=O. The summed E-state index contributed by atoms with van der Waals surface area (Å²) in [6, 6.07) is 0. The van der Waals surface area contributed by atoms with Crippen LogP contribution in [-0.2, 0) is 4.79 Å². The van der Waals surface area contributed by atoms with E-state index in [4.69, 9.17) is 0 Å². The average molecular weight is 204 g/mol. The number of carbonyl (C=O) groups excluding carboxylic acids is 1. The summed E-state index contributed by atoms with van der Waals surface area (Å²) in [5.74, 6) is 0.422. The molecule has 0 aromatic heterocycles. The minimum atomic E-state index is -0.0477. The van der Waals surface area contributed by atoms with Gasteiger partial charge in [-0.25, -0.2) is 0 Å². The molecule has 1 rings (SSSR count). The highest BCUT2D eigenvalue weighted by Crippen LogP contribution is 2.44. The minimum absolute atomic E-state index is 0.0477. The first-order chi connectivity index (χ1) is 6.90. The predicted molar refractivity (Wildman–Crippen MR) is 64.5 cm³/mol. The Morgan fingerprint density at radius 2 is 1.93 bits per heavy atom. The Kier molecular flexibility index (Phi) is 3.33. The van der Waals surface area contributed by atoms with Crippen molar-refractivity contribution < 1.29 is 4.79 Å². The van der Waals surface area contributed by atoms with Crippen molar-refractivity contribution in [2.45, 2.75) is 27.7 Å². The van der Waals surface area contributed by atoms with Crippen LogP contribution in [0.25, 0.3) is 0 Å². The summed E-state index contributed by atoms with van der Waals surface area (Å²) in [6.45, 7) is 8.86. The molecule has 0 aromatic rings. The van der Waals surface area contributed by atoms with Crippen LogP contribution in [0, 0.1) is 16.7 Å². The predicted octanol–water partition coefficient (Wildman–Crippen LogP) is 3.54. The van der Waals surface area contributed by atoms with Gasteiger partial charge < -0.3 is 0 Å². The highest BCUT2D eigenvalue weighted by atomic mass is 16.1. The Balaban J connectivity index is 3.04. The van der Waals surface area contributed by atoms with Crippen LogP contribution in [0.2, 0.25) is 0 Å². The second kappa shape index (κ2) is 4.18. The largest absolute Gasteiger partial charge is 0.299 e. The van der Waals surface area contributed by atoms with Crippen molar-refractivity contribution in [3.05, 3.63) is 36.5 Å². The van der Waals surface area contributed by atoms with Crippen molar-refractivity contribution in [2.75, 3.05) is 0 Å². The lowest BCUT2D eigenvalue weighted by Gasteiger charge is -2.41. The molecule has 15 heavy (non-hydrogen) atoms. The van der Waals surface area contributed by atoms with Gasteiger partial charge in [-0.2, -0.15) is 0 Å². The van der Waals surface area contributed by atoms with E-state index in [0.29, 0.717) is 5.92 Å². The zero-order chi connectivity index (χ0) is 11.5. The van der Waals surface area contributed by atoms with Gasteiger partial charge in [0.1, 0.15) is 6.29 Å². The second-order valence-electron chi connectivity index (χ2n) is 5.45. The number of hydrogen-bond acceptors (Lipinski definition) is 1. The first-order valence-corrected chi connectivity index (χ1v) is 5.39. The molecule has 0 bridgehead atoms. The molecule has 1 nitrogen and oxygen atoms in total. The number of allylic oxidation sites excluding steroid dienone is 6. The topological polar surface area (TPSA) is 17.1 Å². The van der Waals surface area contributed by atoms with Crippen LogP contribution in [-0.4, -0.2) is 6.29 Å². The zero-order valence-corrected chi connectivity index (χ0v) is 10.0. The molecule has 0 amide bonds. The number of hydrogen-bond donors (Lipinski definition) is 0. The van der Waals surface area contributed by atoms with Crippen LogP contribution >= 0.6 is 0 Å². The molecular formula is C14H20O. The van der Waals surface area contributed by atoms with E-state index in [1.807, 2.05) is 6.08 Å². The van der Waals surface area contributed by atoms with Crippen molar-refractivity contribution in [1.82, 2.24) is 0 Å². The Hall–Kier alpha value is -1.11. The normalized spacial score (nSPS) is 31.1. The molecule has 1 aliphatic rings. The average Bonchev–Trinajstić information content (AvgIpc) is 2.14. The monoisotopic (exact) mass is 204 g/mol. The van der Waals surface area contributed by atoms with Gasteiger partial charge in [-0.05, 0) is 17.4 Å². The molecule has 2 atom stereocenters. The quantitative estimate of drug-likeness (QED) is 0.496. The molecule has 0 heterocycles. The van der Waals surface area contributed by atoms with Crippen LogP contribution in [0.15, 0.2) is 36.5 Å². The molecule has 0 radical (unpaired) electrons. The maximum Gasteiger partial charge on any atom is 0.142 e. The first kappa shape index (κ1) is 12.0. The molecule has 82 valence electrons. The van der Waals surface area contributed by atoms with Gasteiger partial charge in [0.2, 0.25) is 0 Å². The molecule has 0 saturated heterocycles. The Labute approximate surface area is 92.6 Å². The van der Waals surface area contributed by atoms with Gasteiger partial charge in [0.15, 0.2) is 0 Å². The third kappa shape index (κ3) is 2.68. The van der Waals surface area contributed by atoms with E-state index in [1.54, 1.807) is 6.08 Å². The van der Waals surface area contributed by atoms with Crippen molar-refractivity contribution in [3.8, 4) is 0 Å². The highest BCUT2D eigenvalue weighted by molar-refractivity contribution is 5.65. The van der Waals surface area contributed by atoms with Crippen LogP contribution in [0.3, 0.4) is 0 Å². The smallest absolute Gasteiger partial charge is 0.142 e. The van der Waals surface area contributed by atoms with E-state index in [0.717, 1.165) is 6.29 Å². The van der Waals surface area contributed by atoms with Gasteiger partial charge in [-0.3, -0.25) is 4.79 Å². The van der Waals surface area contributed by atoms with Gasteiger partial charge in [-0.15, -0.1) is 0 Å². The summed E-state index contributed by atoms with van der Waals surface area (Å²) in [6.07, 6.45) is 13.0. The third-order valence-electron chi connectivity index (χ3n) is 3.01. The summed E-state index contributed by atoms with van der Waals surface area (Å²) in [7, 11) is 0. The van der Waals surface area contributed by atoms with E-state index in [1.165, 1.54) is 0 Å². The summed E-state index contributed by atoms with van der Waals surface area (Å²) >= 11 is 0. The highest BCUT2D eigenvalue weighted by Gasteiger charge is 2.36. The van der Waals surface area contributed by atoms with Gasteiger partial charge in [-0.1, -0.05) is 58.1 Å². The minimum Gasteiger partial charge on any atom is -0.299 e. The molecule has 1 aliphatic carbocycles. The maximum atomic E-state index is 10.4. The fraction of sp³-hybridized carbons (Fsp3) is 0.500. The molecule has 0 aliphatic heterocycles. The van der Waals surface area contributed by atoms with E-state index in [9.17, 15) is 4.79 Å². The lowest BCUT2D eigenvalue weighted by atomic mass is 9.63. The van der Waals surface area contributed by atoms with E-state index >= 15 is 0 Å². The van der Waals surface area contributed by atoms with E-state index in [2.05, 4.69) is 52.0 Å². The maximum absolute atomic E-state index is 10.4. The Bertz CT molecular complexity index is 315. The van der Waals surface area contributed by atoms with Crippen LogP contribution in [0.1, 0.15) is 27.7 Å². The lowest BCUT2D eigenvalue weighted by molar-refractivity contribution is -0.104. The summed E-state index contributed by atoms with van der Waals surface area (Å²) in [4.78, 5) is 10.4.